The average Bonchev–Trinajstić information content (AvgIpc) is 3.47. The van der Waals surface area contributed by atoms with Crippen LogP contribution in [0.1, 0.15) is 30.5 Å². The summed E-state index contributed by atoms with van der Waals surface area (Å²) in [6.07, 6.45) is 1.64. The molecule has 4 heterocycles. The zero-order valence-electron chi connectivity index (χ0n) is 22.6. The van der Waals surface area contributed by atoms with Crippen molar-refractivity contribution in [2.24, 2.45) is 10.4 Å². The Morgan fingerprint density at radius 3 is 2.56 bits per heavy atom. The lowest BCUT2D eigenvalue weighted by molar-refractivity contribution is -0.164. The van der Waals surface area contributed by atoms with Crippen molar-refractivity contribution >= 4 is 46.6 Å². The zero-order valence-corrected chi connectivity index (χ0v) is 24.2. The maximum Gasteiger partial charge on any atom is 0.338 e. The Labute approximate surface area is 244 Å². The van der Waals surface area contributed by atoms with E-state index in [0.29, 0.717) is 35.3 Å². The topological polar surface area (TPSA) is 134 Å². The summed E-state index contributed by atoms with van der Waals surface area (Å²) >= 11 is 7.81. The van der Waals surface area contributed by atoms with Crippen molar-refractivity contribution in [3.05, 3.63) is 62.5 Å². The summed E-state index contributed by atoms with van der Waals surface area (Å²) in [7, 11) is 1.27. The predicted octanol–water partition coefficient (Wildman–Crippen LogP) is 2.48. The monoisotopic (exact) mass is 605 g/mol. The summed E-state index contributed by atoms with van der Waals surface area (Å²) in [5.74, 6) is -2.38. The van der Waals surface area contributed by atoms with Crippen LogP contribution in [0.5, 0.6) is 0 Å². The lowest BCUT2D eigenvalue weighted by atomic mass is 9.90. The molecule has 1 aromatic carbocycles. The van der Waals surface area contributed by atoms with Crippen molar-refractivity contribution in [1.82, 2.24) is 20.1 Å². The van der Waals surface area contributed by atoms with Crippen LogP contribution >= 0.6 is 22.9 Å². The molecular formula is C27H29ClFN5O6S. The van der Waals surface area contributed by atoms with Gasteiger partial charge in [-0.15, -0.1) is 11.3 Å². The first kappa shape index (κ1) is 29.1. The fraction of sp³-hybridized carbons (Fsp3) is 0.444. The minimum atomic E-state index is -1.57. The number of rotatable bonds is 7. The Morgan fingerprint density at radius 2 is 1.98 bits per heavy atom. The van der Waals surface area contributed by atoms with Gasteiger partial charge in [-0.1, -0.05) is 17.7 Å². The molecule has 1 amide bonds. The lowest BCUT2D eigenvalue weighted by Crippen LogP contribution is -2.67. The number of aromatic nitrogens is 1. The van der Waals surface area contributed by atoms with E-state index in [0.717, 1.165) is 0 Å². The van der Waals surface area contributed by atoms with Crippen LogP contribution in [0.2, 0.25) is 5.02 Å². The summed E-state index contributed by atoms with van der Waals surface area (Å²) in [6.45, 7) is 4.19. The molecule has 2 fully saturated rings. The number of hydrogen-bond acceptors (Lipinski definition) is 10. The highest BCUT2D eigenvalue weighted by Crippen LogP contribution is 2.37. The van der Waals surface area contributed by atoms with Crippen LogP contribution in [0, 0.1) is 11.2 Å². The summed E-state index contributed by atoms with van der Waals surface area (Å²) in [5.41, 5.74) is -0.420. The first-order valence-corrected chi connectivity index (χ1v) is 14.1. The molecule has 5 rings (SSSR count). The van der Waals surface area contributed by atoms with Gasteiger partial charge in [0.25, 0.3) is 0 Å². The van der Waals surface area contributed by atoms with Crippen molar-refractivity contribution in [3.8, 4) is 0 Å². The van der Waals surface area contributed by atoms with E-state index in [2.05, 4.69) is 15.2 Å². The molecule has 3 aliphatic rings. The minimum absolute atomic E-state index is 0.110. The summed E-state index contributed by atoms with van der Waals surface area (Å²) < 4.78 is 24.9. The molecule has 0 radical (unpaired) electrons. The molecule has 0 saturated carbocycles. The SMILES string of the molecule is COC(=O)C1=C(CN2C3COCC2CN(C(=O)C(C)(C)C(=O)O)C3)NC(c2nccs2)=NC1c1ccc(F)cc1Cl. The van der Waals surface area contributed by atoms with Crippen LogP contribution < -0.4 is 5.32 Å². The highest BCUT2D eigenvalue weighted by atomic mass is 35.5. The van der Waals surface area contributed by atoms with Gasteiger partial charge >= 0.3 is 11.9 Å². The number of amidine groups is 1. The normalized spacial score (nSPS) is 23.1. The molecule has 41 heavy (non-hydrogen) atoms. The third-order valence-corrected chi connectivity index (χ3v) is 8.65. The maximum atomic E-state index is 13.9. The molecule has 2 saturated heterocycles. The first-order chi connectivity index (χ1) is 19.5. The lowest BCUT2D eigenvalue weighted by Gasteiger charge is -2.51. The van der Waals surface area contributed by atoms with Crippen LogP contribution in [0.3, 0.4) is 0 Å². The second-order valence-electron chi connectivity index (χ2n) is 10.5. The van der Waals surface area contributed by atoms with Crippen molar-refractivity contribution in [1.29, 1.82) is 0 Å². The smallest absolute Gasteiger partial charge is 0.338 e. The number of piperazine rings is 1. The molecule has 2 N–H and O–H groups in total. The van der Waals surface area contributed by atoms with Crippen LogP contribution in [0.15, 0.2) is 46.0 Å². The second-order valence-corrected chi connectivity index (χ2v) is 11.9. The summed E-state index contributed by atoms with van der Waals surface area (Å²) in [6, 6.07) is 2.49. The van der Waals surface area contributed by atoms with E-state index in [-0.39, 0.29) is 42.3 Å². The third-order valence-electron chi connectivity index (χ3n) is 7.54. The number of amides is 1. The van der Waals surface area contributed by atoms with Gasteiger partial charge in [0.15, 0.2) is 10.8 Å². The van der Waals surface area contributed by atoms with Gasteiger partial charge in [-0.2, -0.15) is 0 Å². The summed E-state index contributed by atoms with van der Waals surface area (Å²) in [4.78, 5) is 51.0. The number of nitrogens with zero attached hydrogens (tertiary/aromatic N) is 4. The number of hydrogen-bond donors (Lipinski definition) is 2. The molecule has 3 aliphatic heterocycles. The number of carboxylic acids is 1. The minimum Gasteiger partial charge on any atom is -0.480 e. The number of carbonyl (C=O) groups is 3. The number of morpholine rings is 1. The van der Waals surface area contributed by atoms with Crippen molar-refractivity contribution < 1.29 is 33.4 Å². The van der Waals surface area contributed by atoms with Gasteiger partial charge in [-0.05, 0) is 26.0 Å². The number of benzene rings is 1. The van der Waals surface area contributed by atoms with E-state index in [1.54, 1.807) is 16.5 Å². The standard InChI is InChI=1S/C27H29ClFN5O6S/c1-27(2,26(37)38)25(36)33-9-15-12-40-13-16(10-33)34(15)11-19-20(24(35)39-3)21(17-5-4-14(29)8-18(17)28)32-22(31-19)23-30-6-7-41-23/h4-8,15-16,21H,9-13H2,1-3H3,(H,31,32)(H,37,38). The van der Waals surface area contributed by atoms with Crippen molar-refractivity contribution in [3.63, 3.8) is 0 Å². The molecule has 0 aliphatic carbocycles. The first-order valence-electron chi connectivity index (χ1n) is 12.9. The predicted molar refractivity (Wildman–Crippen MR) is 148 cm³/mol. The second kappa shape index (κ2) is 11.5. The van der Waals surface area contributed by atoms with E-state index >= 15 is 0 Å². The molecule has 14 heteroatoms. The Balaban J connectivity index is 1.52. The Morgan fingerprint density at radius 1 is 1.27 bits per heavy atom. The molecule has 2 aromatic rings. The highest BCUT2D eigenvalue weighted by molar-refractivity contribution is 7.11. The number of fused-ring (bicyclic) bond motifs is 2. The number of nitrogens with one attached hydrogen (secondary N) is 1. The highest BCUT2D eigenvalue weighted by Gasteiger charge is 2.46. The molecule has 1 aromatic heterocycles. The number of carboxylic acid groups (broad SMARTS) is 1. The van der Waals surface area contributed by atoms with Gasteiger partial charge < -0.3 is 24.8 Å². The van der Waals surface area contributed by atoms with Gasteiger partial charge in [-0.3, -0.25) is 19.5 Å². The van der Waals surface area contributed by atoms with Gasteiger partial charge in [0, 0.05) is 47.5 Å². The molecule has 3 atom stereocenters. The maximum absolute atomic E-state index is 13.9. The number of halogens is 2. The van der Waals surface area contributed by atoms with Crippen LogP contribution in [0.4, 0.5) is 4.39 Å². The number of carbonyl (C=O) groups excluding carboxylic acids is 2. The van der Waals surface area contributed by atoms with Gasteiger partial charge in [-0.25, -0.2) is 14.2 Å². The van der Waals surface area contributed by atoms with Crippen LogP contribution in [-0.4, -0.2) is 95.6 Å². The number of ether oxygens (including phenoxy) is 2. The van der Waals surface area contributed by atoms with E-state index in [1.807, 2.05) is 0 Å². The Bertz CT molecular complexity index is 1420. The molecule has 11 nitrogen and oxygen atoms in total. The fourth-order valence-corrected chi connectivity index (χ4v) is 6.15. The van der Waals surface area contributed by atoms with E-state index in [4.69, 9.17) is 26.1 Å². The number of methoxy groups -OCH3 is 1. The fourth-order valence-electron chi connectivity index (χ4n) is 5.29. The Kier molecular flexibility index (Phi) is 8.15. The van der Waals surface area contributed by atoms with Crippen molar-refractivity contribution in [2.45, 2.75) is 32.0 Å². The van der Waals surface area contributed by atoms with Gasteiger partial charge in [0.1, 0.15) is 17.3 Å². The van der Waals surface area contributed by atoms with E-state index in [9.17, 15) is 23.9 Å². The number of aliphatic carboxylic acids is 1. The molecule has 3 unspecified atom stereocenters. The van der Waals surface area contributed by atoms with Crippen LogP contribution in [-0.2, 0) is 23.9 Å². The largest absolute Gasteiger partial charge is 0.480 e. The van der Waals surface area contributed by atoms with Crippen molar-refractivity contribution in [2.75, 3.05) is 40.0 Å². The summed E-state index contributed by atoms with van der Waals surface area (Å²) in [5, 5.41) is 15.4. The quantitative estimate of drug-likeness (QED) is 0.361. The zero-order chi connectivity index (χ0) is 29.5. The molecule has 0 spiro atoms. The van der Waals surface area contributed by atoms with Gasteiger partial charge in [0.2, 0.25) is 5.91 Å². The molecule has 218 valence electrons. The number of esters is 1. The van der Waals surface area contributed by atoms with E-state index in [1.165, 1.54) is 50.5 Å². The number of thiazole rings is 1. The average molecular weight is 606 g/mol. The Hall–Kier alpha value is -3.39. The third kappa shape index (κ3) is 5.59. The number of aliphatic imine (C=N–C) groups is 1. The van der Waals surface area contributed by atoms with Gasteiger partial charge in [0.05, 0.1) is 38.0 Å². The molecule has 2 bridgehead atoms. The van der Waals surface area contributed by atoms with E-state index < -0.39 is 35.1 Å². The van der Waals surface area contributed by atoms with Crippen LogP contribution in [0.25, 0.3) is 0 Å². The molecular weight excluding hydrogens is 577 g/mol.